The zero-order valence-electron chi connectivity index (χ0n) is 11.5. The molecule has 2 aromatic rings. The van der Waals surface area contributed by atoms with Crippen molar-refractivity contribution >= 4 is 15.7 Å². The molecule has 0 radical (unpaired) electrons. The largest absolute Gasteiger partial charge is 0.396 e. The maximum absolute atomic E-state index is 13.8. The molecule has 0 amide bonds. The molecule has 116 valence electrons. The van der Waals surface area contributed by atoms with Crippen molar-refractivity contribution in [2.45, 2.75) is 10.6 Å². The van der Waals surface area contributed by atoms with E-state index in [0.29, 0.717) is 0 Å². The van der Waals surface area contributed by atoms with Gasteiger partial charge in [-0.05, 0) is 18.2 Å². The topological polar surface area (TPSA) is 96.5 Å². The molecule has 22 heavy (non-hydrogen) atoms. The second-order valence-electron chi connectivity index (χ2n) is 5.18. The third-order valence-electron chi connectivity index (χ3n) is 3.64. The highest BCUT2D eigenvalue weighted by Gasteiger charge is 2.50. The van der Waals surface area contributed by atoms with Gasteiger partial charge in [-0.25, -0.2) is 17.8 Å². The Morgan fingerprint density at radius 1 is 1.23 bits per heavy atom. The van der Waals surface area contributed by atoms with Gasteiger partial charge in [-0.1, -0.05) is 18.2 Å². The maximum atomic E-state index is 13.8. The average molecular weight is 323 g/mol. The van der Waals surface area contributed by atoms with E-state index in [4.69, 9.17) is 5.73 Å². The number of pyridine rings is 1. The highest BCUT2D eigenvalue weighted by atomic mass is 32.2. The summed E-state index contributed by atoms with van der Waals surface area (Å²) in [5.41, 5.74) is 4.21. The Kier molecular flexibility index (Phi) is 3.39. The van der Waals surface area contributed by atoms with Crippen LogP contribution in [0.1, 0.15) is 5.56 Å². The van der Waals surface area contributed by atoms with Crippen LogP contribution in [0.15, 0.2) is 47.6 Å². The fraction of sp³-hybridized carbons (Fsp3) is 0.214. The second kappa shape index (κ2) is 5.01. The second-order valence-corrected chi connectivity index (χ2v) is 7.04. The van der Waals surface area contributed by atoms with Crippen LogP contribution in [0.2, 0.25) is 0 Å². The van der Waals surface area contributed by atoms with Crippen LogP contribution in [0.4, 0.5) is 10.1 Å². The van der Waals surface area contributed by atoms with Crippen LogP contribution < -0.4 is 5.73 Å². The van der Waals surface area contributed by atoms with Crippen molar-refractivity contribution < 1.29 is 17.9 Å². The zero-order valence-corrected chi connectivity index (χ0v) is 12.3. The number of rotatable bonds is 3. The molecule has 1 saturated heterocycles. The minimum absolute atomic E-state index is 0.0313. The number of β-amino-alcohol motifs (C(OH)–C–C–N with tert-alkyl or cyclic N) is 1. The van der Waals surface area contributed by atoms with E-state index in [1.54, 1.807) is 6.07 Å². The molecular formula is C14H14FN3O3S. The van der Waals surface area contributed by atoms with E-state index in [0.717, 1.165) is 4.31 Å². The van der Waals surface area contributed by atoms with Crippen LogP contribution in [0, 0.1) is 5.82 Å². The van der Waals surface area contributed by atoms with Crippen molar-refractivity contribution in [3.63, 3.8) is 0 Å². The van der Waals surface area contributed by atoms with Crippen LogP contribution in [-0.4, -0.2) is 35.9 Å². The summed E-state index contributed by atoms with van der Waals surface area (Å²) < 4.78 is 39.6. The molecule has 8 heteroatoms. The number of sulfonamides is 1. The monoisotopic (exact) mass is 323 g/mol. The van der Waals surface area contributed by atoms with Crippen LogP contribution in [0.3, 0.4) is 0 Å². The van der Waals surface area contributed by atoms with Gasteiger partial charge in [0.05, 0.1) is 5.69 Å². The van der Waals surface area contributed by atoms with Gasteiger partial charge < -0.3 is 10.8 Å². The number of nitrogens with zero attached hydrogens (tertiary/aromatic N) is 2. The molecule has 0 atom stereocenters. The molecule has 1 fully saturated rings. The van der Waals surface area contributed by atoms with E-state index in [2.05, 4.69) is 4.98 Å². The molecule has 0 unspecified atom stereocenters. The minimum atomic E-state index is -3.91. The number of hydrogen-bond donors (Lipinski definition) is 2. The number of aromatic nitrogens is 1. The lowest BCUT2D eigenvalue weighted by Gasteiger charge is -2.45. The number of nitrogens with two attached hydrogens (primary N) is 1. The smallest absolute Gasteiger partial charge is 0.262 e. The van der Waals surface area contributed by atoms with Gasteiger partial charge in [-0.3, -0.25) is 0 Å². The number of anilines is 1. The molecule has 0 aliphatic carbocycles. The van der Waals surface area contributed by atoms with E-state index in [1.807, 2.05) is 0 Å². The zero-order chi connectivity index (χ0) is 16.0. The molecule has 1 aliphatic heterocycles. The maximum Gasteiger partial charge on any atom is 0.262 e. The first-order valence-electron chi connectivity index (χ1n) is 6.53. The third kappa shape index (κ3) is 2.25. The Morgan fingerprint density at radius 2 is 1.91 bits per heavy atom. The Balaban J connectivity index is 1.87. The van der Waals surface area contributed by atoms with Gasteiger partial charge in [-0.15, -0.1) is 0 Å². The first-order valence-corrected chi connectivity index (χ1v) is 7.97. The summed E-state index contributed by atoms with van der Waals surface area (Å²) in [6.07, 6.45) is 1.33. The van der Waals surface area contributed by atoms with E-state index in [9.17, 15) is 17.9 Å². The molecule has 6 nitrogen and oxygen atoms in total. The number of nitrogen functional groups attached to an aromatic ring is 1. The van der Waals surface area contributed by atoms with Crippen molar-refractivity contribution in [1.29, 1.82) is 0 Å². The molecule has 0 saturated carbocycles. The predicted octanol–water partition coefficient (Wildman–Crippen LogP) is 0.695. The van der Waals surface area contributed by atoms with E-state index >= 15 is 0 Å². The normalized spacial score (nSPS) is 17.9. The van der Waals surface area contributed by atoms with Crippen molar-refractivity contribution in [1.82, 2.24) is 9.29 Å². The van der Waals surface area contributed by atoms with Gasteiger partial charge >= 0.3 is 0 Å². The van der Waals surface area contributed by atoms with E-state index in [-0.39, 0.29) is 29.4 Å². The fourth-order valence-corrected chi connectivity index (χ4v) is 4.03. The molecule has 3 rings (SSSR count). The van der Waals surface area contributed by atoms with Gasteiger partial charge in [0.1, 0.15) is 11.4 Å². The van der Waals surface area contributed by atoms with Gasteiger partial charge in [0, 0.05) is 24.8 Å². The summed E-state index contributed by atoms with van der Waals surface area (Å²) in [5.74, 6) is -0.570. The summed E-state index contributed by atoms with van der Waals surface area (Å²) in [6.45, 7) is -0.488. The number of halogens is 1. The average Bonchev–Trinajstić information content (AvgIpc) is 2.44. The fourth-order valence-electron chi connectivity index (χ4n) is 2.46. The van der Waals surface area contributed by atoms with Crippen LogP contribution >= 0.6 is 0 Å². The SMILES string of the molecule is Nc1cccnc1S(=O)(=O)N1CC(O)(c2ccccc2F)C1. The number of aliphatic hydroxyl groups is 1. The molecule has 1 aromatic carbocycles. The molecule has 3 N–H and O–H groups in total. The van der Waals surface area contributed by atoms with E-state index < -0.39 is 21.4 Å². The van der Waals surface area contributed by atoms with Crippen LogP contribution in [0.25, 0.3) is 0 Å². The molecule has 1 aromatic heterocycles. The highest BCUT2D eigenvalue weighted by Crippen LogP contribution is 2.37. The summed E-state index contributed by atoms with van der Waals surface area (Å²) in [5, 5.41) is 10.2. The summed E-state index contributed by atoms with van der Waals surface area (Å²) in [6, 6.07) is 8.72. The van der Waals surface area contributed by atoms with Crippen LogP contribution in [0.5, 0.6) is 0 Å². The van der Waals surface area contributed by atoms with Crippen molar-refractivity contribution in [2.75, 3.05) is 18.8 Å². The Hall–Kier alpha value is -2.03. The standard InChI is InChI=1S/C14H14FN3O3S/c15-11-5-2-1-4-10(11)14(19)8-18(9-14)22(20,21)13-12(16)6-3-7-17-13/h1-7,19H,8-9,16H2. The Bertz CT molecular complexity index is 820. The van der Waals surface area contributed by atoms with Crippen molar-refractivity contribution in [2.24, 2.45) is 0 Å². The Labute approximate surface area is 127 Å². The van der Waals surface area contributed by atoms with Crippen LogP contribution in [-0.2, 0) is 15.6 Å². The van der Waals surface area contributed by atoms with Gasteiger partial charge in [-0.2, -0.15) is 4.31 Å². The van der Waals surface area contributed by atoms with Crippen molar-refractivity contribution in [3.05, 3.63) is 54.0 Å². The highest BCUT2D eigenvalue weighted by molar-refractivity contribution is 7.89. The molecule has 1 aliphatic rings. The summed E-state index contributed by atoms with van der Waals surface area (Å²) in [4.78, 5) is 3.78. The lowest BCUT2D eigenvalue weighted by atomic mass is 9.88. The van der Waals surface area contributed by atoms with Gasteiger partial charge in [0.15, 0.2) is 5.03 Å². The molecular weight excluding hydrogens is 309 g/mol. The number of hydrogen-bond acceptors (Lipinski definition) is 5. The number of benzene rings is 1. The predicted molar refractivity (Wildman–Crippen MR) is 77.7 cm³/mol. The minimum Gasteiger partial charge on any atom is -0.396 e. The lowest BCUT2D eigenvalue weighted by Crippen LogP contribution is -2.61. The van der Waals surface area contributed by atoms with Crippen molar-refractivity contribution in [3.8, 4) is 0 Å². The summed E-state index contributed by atoms with van der Waals surface area (Å²) in [7, 11) is -3.91. The Morgan fingerprint density at radius 3 is 2.55 bits per heavy atom. The first kappa shape index (κ1) is 14.9. The summed E-state index contributed by atoms with van der Waals surface area (Å²) >= 11 is 0. The van der Waals surface area contributed by atoms with Gasteiger partial charge in [0.2, 0.25) is 0 Å². The lowest BCUT2D eigenvalue weighted by molar-refractivity contribution is -0.0673. The molecule has 2 heterocycles. The first-order chi connectivity index (χ1) is 10.3. The quantitative estimate of drug-likeness (QED) is 0.866. The van der Waals surface area contributed by atoms with Gasteiger partial charge in [0.25, 0.3) is 10.0 Å². The van der Waals surface area contributed by atoms with E-state index in [1.165, 1.54) is 36.5 Å². The molecule has 0 spiro atoms. The molecule has 0 bridgehead atoms. The third-order valence-corrected chi connectivity index (χ3v) is 5.40.